The lowest BCUT2D eigenvalue weighted by Crippen LogP contribution is -2.29. The van der Waals surface area contributed by atoms with Crippen LogP contribution in [0.2, 0.25) is 0 Å². The number of benzene rings is 1. The van der Waals surface area contributed by atoms with Gasteiger partial charge in [0.15, 0.2) is 0 Å². The highest BCUT2D eigenvalue weighted by Crippen LogP contribution is 2.33. The van der Waals surface area contributed by atoms with Gasteiger partial charge in [0.05, 0.1) is 4.90 Å². The molecule has 0 saturated heterocycles. The Kier molecular flexibility index (Phi) is 4.11. The third-order valence-corrected chi connectivity index (χ3v) is 6.00. The van der Waals surface area contributed by atoms with Gasteiger partial charge in [0, 0.05) is 24.1 Å². The maximum Gasteiger partial charge on any atom is 0.244 e. The van der Waals surface area contributed by atoms with Crippen LogP contribution < -0.4 is 5.32 Å². The largest absolute Gasteiger partial charge is 0.316 e. The standard InChI is InChI=1S/C12H17BrN2O2S/c1-14-8-9-3-6-11(13)12(7-9)18(16,17)15(2)10-4-5-10/h3,6-7,10,14H,4-5,8H2,1-2H3. The smallest absolute Gasteiger partial charge is 0.244 e. The van der Waals surface area contributed by atoms with Gasteiger partial charge < -0.3 is 5.32 Å². The second-order valence-electron chi connectivity index (χ2n) is 4.55. The molecule has 100 valence electrons. The zero-order chi connectivity index (χ0) is 13.3. The van der Waals surface area contributed by atoms with Crippen molar-refractivity contribution in [2.45, 2.75) is 30.3 Å². The van der Waals surface area contributed by atoms with Crippen LogP contribution in [-0.4, -0.2) is 32.9 Å². The van der Waals surface area contributed by atoms with Crippen LogP contribution in [0.15, 0.2) is 27.6 Å². The van der Waals surface area contributed by atoms with Gasteiger partial charge in [-0.25, -0.2) is 8.42 Å². The molecule has 1 aromatic rings. The van der Waals surface area contributed by atoms with Crippen molar-refractivity contribution in [3.63, 3.8) is 0 Å². The summed E-state index contributed by atoms with van der Waals surface area (Å²) in [7, 11) is 0.108. The summed E-state index contributed by atoms with van der Waals surface area (Å²) in [5, 5.41) is 3.02. The van der Waals surface area contributed by atoms with Crippen molar-refractivity contribution < 1.29 is 8.42 Å². The average Bonchev–Trinajstić information content (AvgIpc) is 3.14. The van der Waals surface area contributed by atoms with E-state index in [1.165, 1.54) is 4.31 Å². The van der Waals surface area contributed by atoms with E-state index in [1.54, 1.807) is 19.2 Å². The van der Waals surface area contributed by atoms with Crippen molar-refractivity contribution in [2.24, 2.45) is 0 Å². The molecular formula is C12H17BrN2O2S. The molecule has 4 nitrogen and oxygen atoms in total. The van der Waals surface area contributed by atoms with Crippen molar-refractivity contribution in [3.8, 4) is 0 Å². The molecule has 1 fully saturated rings. The molecule has 18 heavy (non-hydrogen) atoms. The van der Waals surface area contributed by atoms with Crippen molar-refractivity contribution in [1.29, 1.82) is 0 Å². The number of hydrogen-bond acceptors (Lipinski definition) is 3. The highest BCUT2D eigenvalue weighted by atomic mass is 79.9. The van der Waals surface area contributed by atoms with Gasteiger partial charge in [0.2, 0.25) is 10.0 Å². The number of nitrogens with zero attached hydrogens (tertiary/aromatic N) is 1. The Labute approximate surface area is 117 Å². The first-order chi connectivity index (χ1) is 8.46. The molecule has 0 bridgehead atoms. The molecule has 0 heterocycles. The van der Waals surface area contributed by atoms with Crippen LogP contribution in [0.1, 0.15) is 18.4 Å². The Bertz CT molecular complexity index is 541. The second-order valence-corrected chi connectivity index (χ2v) is 7.37. The normalized spacial score (nSPS) is 16.2. The fourth-order valence-corrected chi connectivity index (χ4v) is 4.24. The molecule has 1 saturated carbocycles. The summed E-state index contributed by atoms with van der Waals surface area (Å²) in [4.78, 5) is 0.352. The van der Waals surface area contributed by atoms with Gasteiger partial charge in [-0.15, -0.1) is 0 Å². The highest BCUT2D eigenvalue weighted by molar-refractivity contribution is 9.10. The van der Waals surface area contributed by atoms with Crippen LogP contribution in [0, 0.1) is 0 Å². The van der Waals surface area contributed by atoms with Crippen LogP contribution in [0.3, 0.4) is 0 Å². The minimum Gasteiger partial charge on any atom is -0.316 e. The minimum atomic E-state index is -3.39. The summed E-state index contributed by atoms with van der Waals surface area (Å²) < 4.78 is 27.0. The topological polar surface area (TPSA) is 49.4 Å². The summed E-state index contributed by atoms with van der Waals surface area (Å²) in [5.74, 6) is 0. The molecule has 0 atom stereocenters. The minimum absolute atomic E-state index is 0.176. The predicted molar refractivity (Wildman–Crippen MR) is 74.9 cm³/mol. The van der Waals surface area contributed by atoms with E-state index in [4.69, 9.17) is 0 Å². The molecule has 0 aromatic heterocycles. The third kappa shape index (κ3) is 2.77. The van der Waals surface area contributed by atoms with E-state index < -0.39 is 10.0 Å². The molecular weight excluding hydrogens is 316 g/mol. The first kappa shape index (κ1) is 14.0. The van der Waals surface area contributed by atoms with Crippen molar-refractivity contribution >= 4 is 26.0 Å². The first-order valence-electron chi connectivity index (χ1n) is 5.88. The van der Waals surface area contributed by atoms with Gasteiger partial charge in [-0.3, -0.25) is 0 Å². The lowest BCUT2D eigenvalue weighted by molar-refractivity contribution is 0.463. The van der Waals surface area contributed by atoms with E-state index in [-0.39, 0.29) is 6.04 Å². The highest BCUT2D eigenvalue weighted by Gasteiger charge is 2.35. The zero-order valence-electron chi connectivity index (χ0n) is 10.5. The Morgan fingerprint density at radius 2 is 2.11 bits per heavy atom. The first-order valence-corrected chi connectivity index (χ1v) is 8.11. The predicted octanol–water partition coefficient (Wildman–Crippen LogP) is 1.95. The van der Waals surface area contributed by atoms with Gasteiger partial charge in [0.25, 0.3) is 0 Å². The van der Waals surface area contributed by atoms with Crippen LogP contribution >= 0.6 is 15.9 Å². The van der Waals surface area contributed by atoms with Crippen LogP contribution in [0.25, 0.3) is 0 Å². The summed E-state index contributed by atoms with van der Waals surface area (Å²) >= 11 is 3.33. The Balaban J connectivity index is 2.39. The summed E-state index contributed by atoms with van der Waals surface area (Å²) in [6, 6.07) is 5.61. The zero-order valence-corrected chi connectivity index (χ0v) is 12.9. The molecule has 0 amide bonds. The number of nitrogens with one attached hydrogen (secondary N) is 1. The SMILES string of the molecule is CNCc1ccc(Br)c(S(=O)(=O)N(C)C2CC2)c1. The van der Waals surface area contributed by atoms with Crippen molar-refractivity contribution in [2.75, 3.05) is 14.1 Å². The van der Waals surface area contributed by atoms with Gasteiger partial charge in [0.1, 0.15) is 0 Å². The van der Waals surface area contributed by atoms with E-state index in [2.05, 4.69) is 21.2 Å². The fourth-order valence-electron chi connectivity index (χ4n) is 1.85. The van der Waals surface area contributed by atoms with E-state index in [0.717, 1.165) is 18.4 Å². The van der Waals surface area contributed by atoms with E-state index in [1.807, 2.05) is 13.1 Å². The maximum atomic E-state index is 12.5. The Morgan fingerprint density at radius 1 is 1.44 bits per heavy atom. The van der Waals surface area contributed by atoms with E-state index in [0.29, 0.717) is 15.9 Å². The van der Waals surface area contributed by atoms with Gasteiger partial charge in [-0.1, -0.05) is 6.07 Å². The molecule has 0 aliphatic heterocycles. The number of halogens is 1. The second kappa shape index (κ2) is 5.28. The van der Waals surface area contributed by atoms with Crippen LogP contribution in [0.5, 0.6) is 0 Å². The number of sulfonamides is 1. The lowest BCUT2D eigenvalue weighted by atomic mass is 10.2. The third-order valence-electron chi connectivity index (χ3n) is 3.09. The van der Waals surface area contributed by atoms with Crippen LogP contribution in [0.4, 0.5) is 0 Å². The molecule has 6 heteroatoms. The fraction of sp³-hybridized carbons (Fsp3) is 0.500. The summed E-state index contributed by atoms with van der Waals surface area (Å²) in [6.07, 6.45) is 1.92. The lowest BCUT2D eigenvalue weighted by Gasteiger charge is -2.18. The Morgan fingerprint density at radius 3 is 2.67 bits per heavy atom. The quantitative estimate of drug-likeness (QED) is 0.896. The number of rotatable bonds is 5. The summed E-state index contributed by atoms with van der Waals surface area (Å²) in [5.41, 5.74) is 0.962. The molecule has 2 rings (SSSR count). The van der Waals surface area contributed by atoms with Crippen molar-refractivity contribution in [3.05, 3.63) is 28.2 Å². The maximum absolute atomic E-state index is 12.5. The summed E-state index contributed by atoms with van der Waals surface area (Å²) in [6.45, 7) is 0.656. The molecule has 1 N–H and O–H groups in total. The Hall–Kier alpha value is -0.430. The molecule has 0 unspecified atom stereocenters. The van der Waals surface area contributed by atoms with Crippen molar-refractivity contribution in [1.82, 2.24) is 9.62 Å². The van der Waals surface area contributed by atoms with Gasteiger partial charge >= 0.3 is 0 Å². The molecule has 0 radical (unpaired) electrons. The molecule has 1 aromatic carbocycles. The van der Waals surface area contributed by atoms with E-state index >= 15 is 0 Å². The molecule has 1 aliphatic rings. The van der Waals surface area contributed by atoms with E-state index in [9.17, 15) is 8.42 Å². The molecule has 1 aliphatic carbocycles. The molecule has 0 spiro atoms. The monoisotopic (exact) mass is 332 g/mol. The van der Waals surface area contributed by atoms with Gasteiger partial charge in [-0.05, 0) is 53.5 Å². The van der Waals surface area contributed by atoms with Crippen LogP contribution in [-0.2, 0) is 16.6 Å². The van der Waals surface area contributed by atoms with Gasteiger partial charge in [-0.2, -0.15) is 4.31 Å². The average molecular weight is 333 g/mol. The number of hydrogen-bond donors (Lipinski definition) is 1.